The van der Waals surface area contributed by atoms with Gasteiger partial charge in [0.05, 0.1) is 0 Å². The van der Waals surface area contributed by atoms with Crippen LogP contribution in [-0.2, 0) is 4.79 Å². The Morgan fingerprint density at radius 1 is 1.20 bits per heavy atom. The molecule has 0 aliphatic heterocycles. The predicted molar refractivity (Wildman–Crippen MR) is 81.0 cm³/mol. The second kappa shape index (κ2) is 7.41. The molecule has 0 saturated heterocycles. The van der Waals surface area contributed by atoms with Gasteiger partial charge in [0.25, 0.3) is 0 Å². The van der Waals surface area contributed by atoms with Crippen molar-refractivity contribution in [3.8, 4) is 0 Å². The summed E-state index contributed by atoms with van der Waals surface area (Å²) >= 11 is 0. The Morgan fingerprint density at radius 3 is 2.50 bits per heavy atom. The Morgan fingerprint density at radius 2 is 1.85 bits per heavy atom. The maximum Gasteiger partial charge on any atom is 0.220 e. The molecule has 110 valence electrons. The molecule has 1 fully saturated rings. The topological polar surface area (TPSA) is 81.1 Å². The van der Waals surface area contributed by atoms with E-state index in [2.05, 4.69) is 5.32 Å². The average Bonchev–Trinajstić information content (AvgIpc) is 2.48. The summed E-state index contributed by atoms with van der Waals surface area (Å²) in [5, 5.41) is 3.10. The van der Waals surface area contributed by atoms with E-state index in [9.17, 15) is 4.79 Å². The molecular formula is C16H25N3O. The van der Waals surface area contributed by atoms with E-state index in [1.807, 2.05) is 30.3 Å². The van der Waals surface area contributed by atoms with Crippen LogP contribution in [0.15, 0.2) is 30.3 Å². The molecule has 0 spiro atoms. The van der Waals surface area contributed by atoms with Crippen LogP contribution in [0.5, 0.6) is 0 Å². The summed E-state index contributed by atoms with van der Waals surface area (Å²) in [5.41, 5.74) is 13.0. The van der Waals surface area contributed by atoms with Gasteiger partial charge in [-0.1, -0.05) is 30.3 Å². The highest BCUT2D eigenvalue weighted by molar-refractivity contribution is 5.76. The summed E-state index contributed by atoms with van der Waals surface area (Å²) < 4.78 is 0. The standard InChI is InChI=1S/C16H25N3O/c17-13-6-8-14(9-7-13)19-16(20)11-10-15(18)12-4-2-1-3-5-12/h1-5,13-15H,6-11,17-18H2,(H,19,20). The van der Waals surface area contributed by atoms with Crippen LogP contribution >= 0.6 is 0 Å². The van der Waals surface area contributed by atoms with Crippen LogP contribution in [0.2, 0.25) is 0 Å². The van der Waals surface area contributed by atoms with E-state index in [-0.39, 0.29) is 11.9 Å². The second-order valence-electron chi connectivity index (χ2n) is 5.74. The number of carbonyl (C=O) groups excluding carboxylic acids is 1. The molecule has 5 N–H and O–H groups in total. The number of rotatable bonds is 5. The minimum atomic E-state index is -0.0678. The molecule has 0 radical (unpaired) electrons. The van der Waals surface area contributed by atoms with E-state index in [1.165, 1.54) is 0 Å². The number of amides is 1. The Kier molecular flexibility index (Phi) is 5.56. The van der Waals surface area contributed by atoms with Gasteiger partial charge in [-0.3, -0.25) is 4.79 Å². The van der Waals surface area contributed by atoms with Crippen LogP contribution in [0.1, 0.15) is 50.1 Å². The number of carbonyl (C=O) groups is 1. The molecule has 1 saturated carbocycles. The molecule has 0 aromatic heterocycles. The molecule has 1 aromatic rings. The first kappa shape index (κ1) is 15.0. The van der Waals surface area contributed by atoms with Crippen LogP contribution in [0, 0.1) is 0 Å². The van der Waals surface area contributed by atoms with E-state index in [4.69, 9.17) is 11.5 Å². The first-order valence-electron chi connectivity index (χ1n) is 7.50. The van der Waals surface area contributed by atoms with Gasteiger partial charge in [-0.2, -0.15) is 0 Å². The molecule has 2 rings (SSSR count). The Hall–Kier alpha value is -1.39. The van der Waals surface area contributed by atoms with Gasteiger partial charge in [-0.05, 0) is 37.7 Å². The van der Waals surface area contributed by atoms with Crippen LogP contribution in [-0.4, -0.2) is 18.0 Å². The first-order chi connectivity index (χ1) is 9.65. The molecule has 4 nitrogen and oxygen atoms in total. The zero-order chi connectivity index (χ0) is 14.4. The highest BCUT2D eigenvalue weighted by Gasteiger charge is 2.20. The summed E-state index contributed by atoms with van der Waals surface area (Å²) in [6.45, 7) is 0. The third-order valence-electron chi connectivity index (χ3n) is 4.05. The lowest BCUT2D eigenvalue weighted by molar-refractivity contribution is -0.122. The van der Waals surface area contributed by atoms with Crippen LogP contribution in [0.3, 0.4) is 0 Å². The lowest BCUT2D eigenvalue weighted by Gasteiger charge is -2.27. The largest absolute Gasteiger partial charge is 0.353 e. The van der Waals surface area contributed by atoms with Crippen molar-refractivity contribution in [1.82, 2.24) is 5.32 Å². The van der Waals surface area contributed by atoms with E-state index < -0.39 is 0 Å². The quantitative estimate of drug-likeness (QED) is 0.767. The minimum absolute atomic E-state index is 0.0678. The van der Waals surface area contributed by atoms with Crippen LogP contribution in [0.25, 0.3) is 0 Å². The molecule has 0 heterocycles. The van der Waals surface area contributed by atoms with Crippen LogP contribution < -0.4 is 16.8 Å². The van der Waals surface area contributed by atoms with Crippen molar-refractivity contribution in [3.05, 3.63) is 35.9 Å². The fraction of sp³-hybridized carbons (Fsp3) is 0.562. The van der Waals surface area contributed by atoms with Crippen molar-refractivity contribution in [2.24, 2.45) is 11.5 Å². The molecule has 0 bridgehead atoms. The maximum atomic E-state index is 11.9. The van der Waals surface area contributed by atoms with Crippen molar-refractivity contribution < 1.29 is 4.79 Å². The van der Waals surface area contributed by atoms with Crippen molar-refractivity contribution in [2.45, 2.75) is 56.7 Å². The summed E-state index contributed by atoms with van der Waals surface area (Å²) in [6.07, 6.45) is 5.18. The average molecular weight is 275 g/mol. The van der Waals surface area contributed by atoms with Gasteiger partial charge in [0.1, 0.15) is 0 Å². The van der Waals surface area contributed by atoms with Crippen molar-refractivity contribution >= 4 is 5.91 Å². The third kappa shape index (κ3) is 4.62. The second-order valence-corrected chi connectivity index (χ2v) is 5.74. The highest BCUT2D eigenvalue weighted by atomic mass is 16.1. The van der Waals surface area contributed by atoms with E-state index >= 15 is 0 Å². The molecule has 4 heteroatoms. The van der Waals surface area contributed by atoms with Crippen LogP contribution in [0.4, 0.5) is 0 Å². The van der Waals surface area contributed by atoms with E-state index in [0.29, 0.717) is 24.9 Å². The molecule has 20 heavy (non-hydrogen) atoms. The summed E-state index contributed by atoms with van der Waals surface area (Å²) in [5.74, 6) is 0.108. The molecule has 1 aromatic carbocycles. The van der Waals surface area contributed by atoms with Gasteiger partial charge in [-0.25, -0.2) is 0 Å². The number of benzene rings is 1. The number of nitrogens with one attached hydrogen (secondary N) is 1. The lowest BCUT2D eigenvalue weighted by atomic mass is 9.91. The van der Waals surface area contributed by atoms with Crippen molar-refractivity contribution in [2.75, 3.05) is 0 Å². The third-order valence-corrected chi connectivity index (χ3v) is 4.05. The number of nitrogens with two attached hydrogens (primary N) is 2. The Bertz CT molecular complexity index is 413. The summed E-state index contributed by atoms with van der Waals surface area (Å²) in [4.78, 5) is 11.9. The fourth-order valence-corrected chi connectivity index (χ4v) is 2.72. The zero-order valence-electron chi connectivity index (χ0n) is 11.9. The highest BCUT2D eigenvalue weighted by Crippen LogP contribution is 2.18. The molecule has 1 aliphatic carbocycles. The van der Waals surface area contributed by atoms with Crippen molar-refractivity contribution in [1.29, 1.82) is 0 Å². The van der Waals surface area contributed by atoms with Gasteiger partial charge in [0, 0.05) is 24.5 Å². The van der Waals surface area contributed by atoms with Gasteiger partial charge in [-0.15, -0.1) is 0 Å². The van der Waals surface area contributed by atoms with Gasteiger partial charge in [0.2, 0.25) is 5.91 Å². The number of hydrogen-bond donors (Lipinski definition) is 3. The zero-order valence-corrected chi connectivity index (χ0v) is 11.9. The molecule has 1 unspecified atom stereocenters. The fourth-order valence-electron chi connectivity index (χ4n) is 2.72. The van der Waals surface area contributed by atoms with E-state index in [0.717, 1.165) is 31.2 Å². The molecule has 1 amide bonds. The van der Waals surface area contributed by atoms with E-state index in [1.54, 1.807) is 0 Å². The Labute approximate surface area is 120 Å². The van der Waals surface area contributed by atoms with Gasteiger partial charge < -0.3 is 16.8 Å². The SMILES string of the molecule is NC1CCC(NC(=O)CCC(N)c2ccccc2)CC1. The molecular weight excluding hydrogens is 250 g/mol. The number of hydrogen-bond acceptors (Lipinski definition) is 3. The monoisotopic (exact) mass is 275 g/mol. The maximum absolute atomic E-state index is 11.9. The summed E-state index contributed by atoms with van der Waals surface area (Å²) in [7, 11) is 0. The first-order valence-corrected chi connectivity index (χ1v) is 7.50. The van der Waals surface area contributed by atoms with Gasteiger partial charge in [0.15, 0.2) is 0 Å². The minimum Gasteiger partial charge on any atom is -0.353 e. The Balaban J connectivity index is 1.70. The van der Waals surface area contributed by atoms with Gasteiger partial charge >= 0.3 is 0 Å². The lowest BCUT2D eigenvalue weighted by Crippen LogP contribution is -2.40. The van der Waals surface area contributed by atoms with Crippen molar-refractivity contribution in [3.63, 3.8) is 0 Å². The predicted octanol–water partition coefficient (Wildman–Crippen LogP) is 1.85. The normalized spacial score (nSPS) is 24.1. The summed E-state index contributed by atoms with van der Waals surface area (Å²) in [6, 6.07) is 10.5. The smallest absolute Gasteiger partial charge is 0.220 e. The molecule has 1 atom stereocenters. The molecule has 1 aliphatic rings.